The highest BCUT2D eigenvalue weighted by Gasteiger charge is 2.28. The van der Waals surface area contributed by atoms with Crippen LogP contribution >= 0.6 is 0 Å². The van der Waals surface area contributed by atoms with Crippen LogP contribution < -0.4 is 0 Å². The molecule has 0 aromatic rings. The lowest BCUT2D eigenvalue weighted by atomic mass is 10.1. The van der Waals surface area contributed by atoms with Gasteiger partial charge in [-0.3, -0.25) is 0 Å². The van der Waals surface area contributed by atoms with Crippen molar-refractivity contribution in [2.45, 2.75) is 6.10 Å². The first-order chi connectivity index (χ1) is 4.74. The predicted molar refractivity (Wildman–Crippen MR) is 38.9 cm³/mol. The first-order valence-electron chi connectivity index (χ1n) is 3.59. The number of methoxy groups -OCH3 is 1. The summed E-state index contributed by atoms with van der Waals surface area (Å²) in [6, 6.07) is 0. The number of likely N-dealkylation sites (tertiary alicyclic amines) is 1. The third-order valence-corrected chi connectivity index (χ3v) is 1.97. The largest absolute Gasteiger partial charge is 0.391 e. The third-order valence-electron chi connectivity index (χ3n) is 1.97. The summed E-state index contributed by atoms with van der Waals surface area (Å²) in [6.45, 7) is 2.41. The molecule has 0 aromatic heterocycles. The molecule has 0 aromatic carbocycles. The molecular formula is C7H15NO2. The van der Waals surface area contributed by atoms with Gasteiger partial charge in [0.15, 0.2) is 0 Å². The number of nitrogens with zero attached hydrogens (tertiary/aromatic N) is 1. The number of aliphatic hydroxyl groups excluding tert-OH is 1. The maximum absolute atomic E-state index is 9.37. The normalized spacial score (nSPS) is 35.1. The zero-order chi connectivity index (χ0) is 7.56. The van der Waals surface area contributed by atoms with Gasteiger partial charge in [0, 0.05) is 26.1 Å². The van der Waals surface area contributed by atoms with Crippen molar-refractivity contribution in [3.8, 4) is 0 Å². The van der Waals surface area contributed by atoms with Crippen LogP contribution in [0.1, 0.15) is 0 Å². The van der Waals surface area contributed by atoms with Crippen molar-refractivity contribution in [1.29, 1.82) is 0 Å². The van der Waals surface area contributed by atoms with Gasteiger partial charge < -0.3 is 14.7 Å². The van der Waals surface area contributed by atoms with Gasteiger partial charge in [0.1, 0.15) is 0 Å². The maximum Gasteiger partial charge on any atom is 0.0729 e. The van der Waals surface area contributed by atoms with E-state index in [4.69, 9.17) is 4.74 Å². The van der Waals surface area contributed by atoms with E-state index in [0.29, 0.717) is 12.5 Å². The van der Waals surface area contributed by atoms with Crippen LogP contribution in [0.4, 0.5) is 0 Å². The van der Waals surface area contributed by atoms with Gasteiger partial charge >= 0.3 is 0 Å². The van der Waals surface area contributed by atoms with E-state index in [1.165, 1.54) is 0 Å². The number of aliphatic hydroxyl groups is 1. The summed E-state index contributed by atoms with van der Waals surface area (Å²) >= 11 is 0. The molecular weight excluding hydrogens is 130 g/mol. The SMILES string of the molecule is COC[C@H]1CN(C)C[C@@H]1O. The average Bonchev–Trinajstić information content (AvgIpc) is 2.13. The van der Waals surface area contributed by atoms with Crippen LogP contribution in [0.3, 0.4) is 0 Å². The average molecular weight is 145 g/mol. The zero-order valence-electron chi connectivity index (χ0n) is 6.58. The van der Waals surface area contributed by atoms with Crippen molar-refractivity contribution in [1.82, 2.24) is 4.90 Å². The molecule has 1 N–H and O–H groups in total. The summed E-state index contributed by atoms with van der Waals surface area (Å²) < 4.78 is 4.96. The van der Waals surface area contributed by atoms with E-state index in [1.807, 2.05) is 7.05 Å². The van der Waals surface area contributed by atoms with Gasteiger partial charge in [0.2, 0.25) is 0 Å². The fourth-order valence-corrected chi connectivity index (χ4v) is 1.44. The minimum atomic E-state index is -0.190. The van der Waals surface area contributed by atoms with Crippen LogP contribution in [-0.2, 0) is 4.74 Å². The molecule has 0 saturated carbocycles. The molecule has 3 heteroatoms. The van der Waals surface area contributed by atoms with E-state index in [-0.39, 0.29) is 6.10 Å². The molecule has 0 aliphatic carbocycles. The van der Waals surface area contributed by atoms with Gasteiger partial charge in [0.25, 0.3) is 0 Å². The molecule has 60 valence electrons. The van der Waals surface area contributed by atoms with E-state index in [9.17, 15) is 5.11 Å². The third kappa shape index (κ3) is 1.68. The Kier molecular flexibility index (Phi) is 2.65. The van der Waals surface area contributed by atoms with Crippen LogP contribution in [0, 0.1) is 5.92 Å². The number of rotatable bonds is 2. The summed E-state index contributed by atoms with van der Waals surface area (Å²) in [5.41, 5.74) is 0. The minimum absolute atomic E-state index is 0.190. The smallest absolute Gasteiger partial charge is 0.0729 e. The van der Waals surface area contributed by atoms with E-state index in [2.05, 4.69) is 4.90 Å². The highest BCUT2D eigenvalue weighted by molar-refractivity contribution is 4.81. The van der Waals surface area contributed by atoms with Crippen molar-refractivity contribution in [2.24, 2.45) is 5.92 Å². The van der Waals surface area contributed by atoms with Gasteiger partial charge in [0.05, 0.1) is 12.7 Å². The van der Waals surface area contributed by atoms with Crippen LogP contribution in [0.25, 0.3) is 0 Å². The van der Waals surface area contributed by atoms with Crippen molar-refractivity contribution in [3.05, 3.63) is 0 Å². The van der Waals surface area contributed by atoms with E-state index in [0.717, 1.165) is 13.1 Å². The van der Waals surface area contributed by atoms with Crippen LogP contribution in [0.5, 0.6) is 0 Å². The molecule has 0 bridgehead atoms. The Morgan fingerprint density at radius 1 is 1.60 bits per heavy atom. The number of β-amino-alcohol motifs (C(OH)–C–C–N with tert-alkyl or cyclic N) is 1. The van der Waals surface area contributed by atoms with Crippen molar-refractivity contribution >= 4 is 0 Å². The van der Waals surface area contributed by atoms with E-state index < -0.39 is 0 Å². The second-order valence-electron chi connectivity index (χ2n) is 3.00. The summed E-state index contributed by atoms with van der Waals surface area (Å²) in [7, 11) is 3.68. The van der Waals surface area contributed by atoms with Gasteiger partial charge in [-0.15, -0.1) is 0 Å². The fourth-order valence-electron chi connectivity index (χ4n) is 1.44. The van der Waals surface area contributed by atoms with Crippen LogP contribution in [0.15, 0.2) is 0 Å². The number of ether oxygens (including phenoxy) is 1. The molecule has 10 heavy (non-hydrogen) atoms. The summed E-state index contributed by atoms with van der Waals surface area (Å²) in [5.74, 6) is 0.315. The summed E-state index contributed by atoms with van der Waals surface area (Å²) in [4.78, 5) is 2.12. The highest BCUT2D eigenvalue weighted by atomic mass is 16.5. The van der Waals surface area contributed by atoms with Gasteiger partial charge in [-0.05, 0) is 7.05 Å². The fraction of sp³-hybridized carbons (Fsp3) is 1.00. The highest BCUT2D eigenvalue weighted by Crippen LogP contribution is 2.14. The molecule has 0 amide bonds. The van der Waals surface area contributed by atoms with E-state index in [1.54, 1.807) is 7.11 Å². The Labute approximate surface area is 61.6 Å². The first-order valence-corrected chi connectivity index (χ1v) is 3.59. The monoisotopic (exact) mass is 145 g/mol. The maximum atomic E-state index is 9.37. The molecule has 1 aliphatic heterocycles. The topological polar surface area (TPSA) is 32.7 Å². The molecule has 0 radical (unpaired) electrons. The van der Waals surface area contributed by atoms with Gasteiger partial charge in [-0.2, -0.15) is 0 Å². The van der Waals surface area contributed by atoms with Gasteiger partial charge in [-0.25, -0.2) is 0 Å². The Morgan fingerprint density at radius 3 is 2.70 bits per heavy atom. The standard InChI is InChI=1S/C7H15NO2/c1-8-3-6(5-10-2)7(9)4-8/h6-7,9H,3-5H2,1-2H3/t6-,7+/m1/s1. The van der Waals surface area contributed by atoms with Crippen molar-refractivity contribution < 1.29 is 9.84 Å². The lowest BCUT2D eigenvalue weighted by Gasteiger charge is -2.10. The molecule has 1 rings (SSSR count). The minimum Gasteiger partial charge on any atom is -0.391 e. The lowest BCUT2D eigenvalue weighted by Crippen LogP contribution is -2.21. The summed E-state index contributed by atoms with van der Waals surface area (Å²) in [6.07, 6.45) is -0.190. The molecule has 0 spiro atoms. The Hall–Kier alpha value is -0.120. The molecule has 1 heterocycles. The second kappa shape index (κ2) is 3.32. The molecule has 0 unspecified atom stereocenters. The molecule has 1 saturated heterocycles. The Morgan fingerprint density at radius 2 is 2.30 bits per heavy atom. The Bertz CT molecular complexity index is 108. The zero-order valence-corrected chi connectivity index (χ0v) is 6.58. The number of hydrogen-bond acceptors (Lipinski definition) is 3. The van der Waals surface area contributed by atoms with Crippen molar-refractivity contribution in [2.75, 3.05) is 33.9 Å². The molecule has 2 atom stereocenters. The number of likely N-dealkylation sites (N-methyl/N-ethyl adjacent to an activating group) is 1. The quantitative estimate of drug-likeness (QED) is 0.571. The molecule has 3 nitrogen and oxygen atoms in total. The lowest BCUT2D eigenvalue weighted by molar-refractivity contribution is 0.0791. The second-order valence-corrected chi connectivity index (χ2v) is 3.00. The Balaban J connectivity index is 2.31. The molecule has 1 fully saturated rings. The molecule has 1 aliphatic rings. The van der Waals surface area contributed by atoms with E-state index >= 15 is 0 Å². The van der Waals surface area contributed by atoms with Crippen LogP contribution in [0.2, 0.25) is 0 Å². The van der Waals surface area contributed by atoms with Crippen molar-refractivity contribution in [3.63, 3.8) is 0 Å². The van der Waals surface area contributed by atoms with Crippen LogP contribution in [-0.4, -0.2) is 50.0 Å². The predicted octanol–water partition coefficient (Wildman–Crippen LogP) is -0.445. The number of hydrogen-bond donors (Lipinski definition) is 1. The summed E-state index contributed by atoms with van der Waals surface area (Å²) in [5, 5.41) is 9.37. The van der Waals surface area contributed by atoms with Gasteiger partial charge in [-0.1, -0.05) is 0 Å². The first kappa shape index (κ1) is 7.98.